The van der Waals surface area contributed by atoms with Crippen molar-refractivity contribution >= 4 is 17.5 Å². The second kappa shape index (κ2) is 4.31. The Morgan fingerprint density at radius 1 is 1.24 bits per heavy atom. The first-order valence-corrected chi connectivity index (χ1v) is 6.28. The van der Waals surface area contributed by atoms with Crippen LogP contribution in [0.15, 0.2) is 29.3 Å². The molecule has 1 heterocycles. The third-order valence-corrected chi connectivity index (χ3v) is 3.62. The SMILES string of the molecule is OC1CCC2OC(c3ccc(Cl)cc3)=NC2C1. The van der Waals surface area contributed by atoms with Crippen LogP contribution in [0.2, 0.25) is 5.02 Å². The van der Waals surface area contributed by atoms with Gasteiger partial charge in [0.25, 0.3) is 0 Å². The Bertz CT molecular complexity index is 443. The molecule has 3 nitrogen and oxygen atoms in total. The normalized spacial score (nSPS) is 31.6. The van der Waals surface area contributed by atoms with Gasteiger partial charge < -0.3 is 9.84 Å². The Kier molecular flexibility index (Phi) is 2.81. The molecule has 3 atom stereocenters. The molecule has 0 radical (unpaired) electrons. The molecular formula is C13H14ClNO2. The lowest BCUT2D eigenvalue weighted by Gasteiger charge is -2.25. The number of ether oxygens (including phenoxy) is 1. The molecule has 0 spiro atoms. The number of aliphatic hydroxyl groups excluding tert-OH is 1. The summed E-state index contributed by atoms with van der Waals surface area (Å²) < 4.78 is 5.84. The molecule has 1 fully saturated rings. The van der Waals surface area contributed by atoms with Crippen LogP contribution in [0.5, 0.6) is 0 Å². The van der Waals surface area contributed by atoms with Gasteiger partial charge in [-0.25, -0.2) is 4.99 Å². The monoisotopic (exact) mass is 251 g/mol. The van der Waals surface area contributed by atoms with E-state index >= 15 is 0 Å². The van der Waals surface area contributed by atoms with E-state index in [9.17, 15) is 5.11 Å². The molecule has 0 saturated heterocycles. The highest BCUT2D eigenvalue weighted by Crippen LogP contribution is 2.30. The molecule has 3 rings (SSSR count). The van der Waals surface area contributed by atoms with E-state index in [2.05, 4.69) is 4.99 Å². The van der Waals surface area contributed by atoms with Crippen LogP contribution in [-0.2, 0) is 4.74 Å². The van der Waals surface area contributed by atoms with Crippen molar-refractivity contribution in [2.45, 2.75) is 37.5 Å². The minimum Gasteiger partial charge on any atom is -0.472 e. The number of aliphatic hydroxyl groups is 1. The maximum Gasteiger partial charge on any atom is 0.216 e. The van der Waals surface area contributed by atoms with Crippen molar-refractivity contribution in [3.8, 4) is 0 Å². The maximum atomic E-state index is 9.61. The Morgan fingerprint density at radius 3 is 2.76 bits per heavy atom. The molecule has 17 heavy (non-hydrogen) atoms. The lowest BCUT2D eigenvalue weighted by atomic mass is 9.91. The number of rotatable bonds is 1. The molecular weight excluding hydrogens is 238 g/mol. The zero-order chi connectivity index (χ0) is 11.8. The summed E-state index contributed by atoms with van der Waals surface area (Å²) in [6.45, 7) is 0. The minimum absolute atomic E-state index is 0.115. The van der Waals surface area contributed by atoms with Gasteiger partial charge in [0.1, 0.15) is 6.10 Å². The first-order chi connectivity index (χ1) is 8.22. The number of fused-ring (bicyclic) bond motifs is 1. The van der Waals surface area contributed by atoms with E-state index in [-0.39, 0.29) is 18.2 Å². The van der Waals surface area contributed by atoms with E-state index in [0.29, 0.717) is 17.3 Å². The van der Waals surface area contributed by atoms with Crippen molar-refractivity contribution in [3.05, 3.63) is 34.9 Å². The van der Waals surface area contributed by atoms with Gasteiger partial charge in [-0.05, 0) is 43.5 Å². The molecule has 0 bridgehead atoms. The van der Waals surface area contributed by atoms with Crippen LogP contribution in [0, 0.1) is 0 Å². The predicted molar refractivity (Wildman–Crippen MR) is 66.5 cm³/mol. The molecule has 3 unspecified atom stereocenters. The molecule has 1 N–H and O–H groups in total. The number of benzene rings is 1. The molecule has 1 aliphatic heterocycles. The Hall–Kier alpha value is -1.06. The average Bonchev–Trinajstić information content (AvgIpc) is 2.72. The highest BCUT2D eigenvalue weighted by molar-refractivity contribution is 6.30. The fraction of sp³-hybridized carbons (Fsp3) is 0.462. The molecule has 1 saturated carbocycles. The van der Waals surface area contributed by atoms with Crippen LogP contribution in [0.3, 0.4) is 0 Å². The van der Waals surface area contributed by atoms with Crippen molar-refractivity contribution in [2.75, 3.05) is 0 Å². The van der Waals surface area contributed by atoms with Crippen molar-refractivity contribution in [1.82, 2.24) is 0 Å². The maximum absolute atomic E-state index is 9.61. The van der Waals surface area contributed by atoms with Crippen molar-refractivity contribution < 1.29 is 9.84 Å². The highest BCUT2D eigenvalue weighted by atomic mass is 35.5. The van der Waals surface area contributed by atoms with Crippen LogP contribution in [0.4, 0.5) is 0 Å². The van der Waals surface area contributed by atoms with Crippen molar-refractivity contribution in [2.24, 2.45) is 4.99 Å². The van der Waals surface area contributed by atoms with Crippen LogP contribution in [0.1, 0.15) is 24.8 Å². The van der Waals surface area contributed by atoms with Crippen LogP contribution < -0.4 is 0 Å². The topological polar surface area (TPSA) is 41.8 Å². The summed E-state index contributed by atoms with van der Waals surface area (Å²) in [7, 11) is 0. The number of aliphatic imine (C=N–C) groups is 1. The molecule has 0 aromatic heterocycles. The molecule has 0 amide bonds. The third kappa shape index (κ3) is 2.17. The second-order valence-electron chi connectivity index (χ2n) is 4.63. The van der Waals surface area contributed by atoms with E-state index in [1.54, 1.807) is 0 Å². The van der Waals surface area contributed by atoms with Gasteiger partial charge in [0.15, 0.2) is 0 Å². The lowest BCUT2D eigenvalue weighted by Crippen LogP contribution is -2.33. The standard InChI is InChI=1S/C13H14ClNO2/c14-9-3-1-8(2-4-9)13-15-11-7-10(16)5-6-12(11)17-13/h1-4,10-12,16H,5-7H2. The zero-order valence-electron chi connectivity index (χ0n) is 9.34. The van der Waals surface area contributed by atoms with Gasteiger partial charge in [0, 0.05) is 10.6 Å². The molecule has 1 aromatic rings. The summed E-state index contributed by atoms with van der Waals surface area (Å²) in [4.78, 5) is 4.55. The summed E-state index contributed by atoms with van der Waals surface area (Å²) in [5.74, 6) is 0.686. The van der Waals surface area contributed by atoms with E-state index in [1.165, 1.54) is 0 Å². The van der Waals surface area contributed by atoms with Crippen molar-refractivity contribution in [1.29, 1.82) is 0 Å². The van der Waals surface area contributed by atoms with Crippen LogP contribution in [-0.4, -0.2) is 29.3 Å². The quantitative estimate of drug-likeness (QED) is 0.833. The highest BCUT2D eigenvalue weighted by Gasteiger charge is 2.36. The summed E-state index contributed by atoms with van der Waals surface area (Å²) >= 11 is 5.85. The Balaban J connectivity index is 1.81. The second-order valence-corrected chi connectivity index (χ2v) is 5.07. The number of halogens is 1. The van der Waals surface area contributed by atoms with Gasteiger partial charge in [-0.2, -0.15) is 0 Å². The predicted octanol–water partition coefficient (Wildman–Crippen LogP) is 2.40. The molecule has 4 heteroatoms. The molecule has 2 aliphatic rings. The third-order valence-electron chi connectivity index (χ3n) is 3.36. The first-order valence-electron chi connectivity index (χ1n) is 5.91. The van der Waals surface area contributed by atoms with E-state index < -0.39 is 0 Å². The summed E-state index contributed by atoms with van der Waals surface area (Å²) in [5, 5.41) is 10.3. The molecule has 1 aromatic carbocycles. The first kappa shape index (κ1) is 11.1. The van der Waals surface area contributed by atoms with Gasteiger partial charge in [0.2, 0.25) is 5.90 Å². The molecule has 1 aliphatic carbocycles. The minimum atomic E-state index is -0.229. The van der Waals surface area contributed by atoms with Gasteiger partial charge in [-0.3, -0.25) is 0 Å². The fourth-order valence-corrected chi connectivity index (χ4v) is 2.56. The van der Waals surface area contributed by atoms with Crippen molar-refractivity contribution in [3.63, 3.8) is 0 Å². The summed E-state index contributed by atoms with van der Waals surface area (Å²) in [6, 6.07) is 7.60. The smallest absolute Gasteiger partial charge is 0.216 e. The lowest BCUT2D eigenvalue weighted by molar-refractivity contribution is 0.0625. The number of hydrogen-bond donors (Lipinski definition) is 1. The summed E-state index contributed by atoms with van der Waals surface area (Å²) in [5.41, 5.74) is 0.957. The van der Waals surface area contributed by atoms with Crippen LogP contribution >= 0.6 is 11.6 Å². The summed E-state index contributed by atoms with van der Waals surface area (Å²) in [6.07, 6.45) is 2.32. The average molecular weight is 252 g/mol. The Morgan fingerprint density at radius 2 is 2.00 bits per heavy atom. The van der Waals surface area contributed by atoms with Crippen LogP contribution in [0.25, 0.3) is 0 Å². The van der Waals surface area contributed by atoms with Gasteiger partial charge in [0.05, 0.1) is 12.1 Å². The van der Waals surface area contributed by atoms with E-state index in [4.69, 9.17) is 16.3 Å². The number of hydrogen-bond acceptors (Lipinski definition) is 3. The number of nitrogens with zero attached hydrogens (tertiary/aromatic N) is 1. The zero-order valence-corrected chi connectivity index (χ0v) is 10.1. The van der Waals surface area contributed by atoms with Gasteiger partial charge in [-0.15, -0.1) is 0 Å². The van der Waals surface area contributed by atoms with Gasteiger partial charge in [-0.1, -0.05) is 11.6 Å². The fourth-order valence-electron chi connectivity index (χ4n) is 2.43. The van der Waals surface area contributed by atoms with E-state index in [0.717, 1.165) is 18.4 Å². The van der Waals surface area contributed by atoms with E-state index in [1.807, 2.05) is 24.3 Å². The van der Waals surface area contributed by atoms with Gasteiger partial charge >= 0.3 is 0 Å². The largest absolute Gasteiger partial charge is 0.472 e. The molecule has 90 valence electrons. The Labute approximate surface area is 105 Å².